The average molecular weight is 268 g/mol. The van der Waals surface area contributed by atoms with Crippen LogP contribution in [0.25, 0.3) is 0 Å². The lowest BCUT2D eigenvalue weighted by atomic mass is 10.0. The fourth-order valence-electron chi connectivity index (χ4n) is 2.65. The van der Waals surface area contributed by atoms with Crippen LogP contribution in [0.1, 0.15) is 18.5 Å². The number of morpholine rings is 1. The molecule has 5 heteroatoms. The molecule has 19 heavy (non-hydrogen) atoms. The molecule has 1 aromatic carbocycles. The summed E-state index contributed by atoms with van der Waals surface area (Å²) in [5, 5.41) is 9.25. The van der Waals surface area contributed by atoms with Gasteiger partial charge in [-0.1, -0.05) is 12.1 Å². The maximum Gasteiger partial charge on any atom is 0.123 e. The van der Waals surface area contributed by atoms with E-state index < -0.39 is 0 Å². The van der Waals surface area contributed by atoms with Crippen molar-refractivity contribution in [2.45, 2.75) is 25.2 Å². The SMILES string of the molecule is CC1CN(C(CN)c2cccc(F)c2)CC(CO)O1. The van der Waals surface area contributed by atoms with Gasteiger partial charge in [0.25, 0.3) is 0 Å². The van der Waals surface area contributed by atoms with Crippen molar-refractivity contribution in [3.8, 4) is 0 Å². The fraction of sp³-hybridized carbons (Fsp3) is 0.571. The summed E-state index contributed by atoms with van der Waals surface area (Å²) in [7, 11) is 0. The fourth-order valence-corrected chi connectivity index (χ4v) is 2.65. The van der Waals surface area contributed by atoms with Gasteiger partial charge < -0.3 is 15.6 Å². The smallest absolute Gasteiger partial charge is 0.123 e. The molecule has 106 valence electrons. The van der Waals surface area contributed by atoms with Crippen molar-refractivity contribution in [3.63, 3.8) is 0 Å². The van der Waals surface area contributed by atoms with Gasteiger partial charge in [-0.15, -0.1) is 0 Å². The van der Waals surface area contributed by atoms with Crippen molar-refractivity contribution >= 4 is 0 Å². The Morgan fingerprint density at radius 2 is 2.32 bits per heavy atom. The Kier molecular flexibility index (Phi) is 4.87. The first-order valence-electron chi connectivity index (χ1n) is 6.60. The molecule has 0 radical (unpaired) electrons. The summed E-state index contributed by atoms with van der Waals surface area (Å²) in [6, 6.07) is 6.48. The van der Waals surface area contributed by atoms with E-state index in [0.29, 0.717) is 13.1 Å². The Hall–Kier alpha value is -1.01. The molecule has 1 aliphatic heterocycles. The number of hydrogen-bond acceptors (Lipinski definition) is 4. The number of rotatable bonds is 4. The maximum absolute atomic E-state index is 13.3. The van der Waals surface area contributed by atoms with E-state index >= 15 is 0 Å². The lowest BCUT2D eigenvalue weighted by molar-refractivity contribution is -0.105. The third-order valence-electron chi connectivity index (χ3n) is 3.46. The van der Waals surface area contributed by atoms with Gasteiger partial charge in [-0.05, 0) is 24.6 Å². The molecule has 0 aliphatic carbocycles. The molecule has 0 spiro atoms. The molecular weight excluding hydrogens is 247 g/mol. The molecule has 1 fully saturated rings. The molecule has 3 unspecified atom stereocenters. The van der Waals surface area contributed by atoms with E-state index in [2.05, 4.69) is 4.90 Å². The zero-order valence-corrected chi connectivity index (χ0v) is 11.1. The van der Waals surface area contributed by atoms with Crippen LogP contribution in [0.15, 0.2) is 24.3 Å². The summed E-state index contributed by atoms with van der Waals surface area (Å²) >= 11 is 0. The van der Waals surface area contributed by atoms with Crippen LogP contribution in [0, 0.1) is 5.82 Å². The summed E-state index contributed by atoms with van der Waals surface area (Å²) in [5.41, 5.74) is 6.72. The molecule has 1 saturated heterocycles. The highest BCUT2D eigenvalue weighted by molar-refractivity contribution is 5.21. The maximum atomic E-state index is 13.3. The third kappa shape index (κ3) is 3.51. The lowest BCUT2D eigenvalue weighted by Crippen LogP contribution is -2.50. The number of aliphatic hydroxyl groups excluding tert-OH is 1. The number of ether oxygens (including phenoxy) is 1. The van der Waals surface area contributed by atoms with Crippen LogP contribution in [-0.4, -0.2) is 48.5 Å². The molecule has 1 aliphatic rings. The van der Waals surface area contributed by atoms with Crippen molar-refractivity contribution in [3.05, 3.63) is 35.6 Å². The van der Waals surface area contributed by atoms with Gasteiger partial charge in [0.15, 0.2) is 0 Å². The molecule has 0 saturated carbocycles. The summed E-state index contributed by atoms with van der Waals surface area (Å²) in [6.07, 6.45) is -0.167. The summed E-state index contributed by atoms with van der Waals surface area (Å²) < 4.78 is 18.9. The Bertz CT molecular complexity index is 416. The predicted molar refractivity (Wildman–Crippen MR) is 71.2 cm³/mol. The van der Waals surface area contributed by atoms with E-state index in [9.17, 15) is 9.50 Å². The molecule has 4 nitrogen and oxygen atoms in total. The van der Waals surface area contributed by atoms with Crippen LogP contribution in [0.2, 0.25) is 0 Å². The van der Waals surface area contributed by atoms with Gasteiger partial charge in [0.2, 0.25) is 0 Å². The second-order valence-corrected chi connectivity index (χ2v) is 5.01. The number of nitrogens with two attached hydrogens (primary N) is 1. The molecule has 2 rings (SSSR count). The number of hydrogen-bond donors (Lipinski definition) is 2. The summed E-state index contributed by atoms with van der Waals surface area (Å²) in [6.45, 7) is 3.71. The largest absolute Gasteiger partial charge is 0.394 e. The molecule has 0 bridgehead atoms. The van der Waals surface area contributed by atoms with Crippen molar-refractivity contribution in [2.75, 3.05) is 26.2 Å². The number of benzene rings is 1. The first-order valence-corrected chi connectivity index (χ1v) is 6.60. The Balaban J connectivity index is 2.16. The standard InChI is InChI=1S/C14H21FN2O2/c1-10-7-17(8-13(9-18)19-10)14(6-16)11-3-2-4-12(15)5-11/h2-5,10,13-14,18H,6-9,16H2,1H3. The molecular formula is C14H21FN2O2. The van der Waals surface area contributed by atoms with Crippen molar-refractivity contribution in [1.29, 1.82) is 0 Å². The predicted octanol–water partition coefficient (Wildman–Crippen LogP) is 0.907. The van der Waals surface area contributed by atoms with Gasteiger partial charge in [0, 0.05) is 25.7 Å². The highest BCUT2D eigenvalue weighted by Gasteiger charge is 2.29. The van der Waals surface area contributed by atoms with Gasteiger partial charge in [-0.25, -0.2) is 4.39 Å². The van der Waals surface area contributed by atoms with Crippen LogP contribution in [0.5, 0.6) is 0 Å². The Labute approximate surface area is 113 Å². The van der Waals surface area contributed by atoms with Crippen molar-refractivity contribution < 1.29 is 14.2 Å². The molecule has 0 aromatic heterocycles. The normalized spacial score (nSPS) is 26.3. The summed E-state index contributed by atoms with van der Waals surface area (Å²) in [4.78, 5) is 2.16. The monoisotopic (exact) mass is 268 g/mol. The first-order chi connectivity index (χ1) is 9.13. The molecule has 1 heterocycles. The van der Waals surface area contributed by atoms with E-state index in [1.807, 2.05) is 13.0 Å². The number of halogens is 1. The van der Waals surface area contributed by atoms with Gasteiger partial charge >= 0.3 is 0 Å². The average Bonchev–Trinajstić information content (AvgIpc) is 2.39. The van der Waals surface area contributed by atoms with Crippen molar-refractivity contribution in [2.24, 2.45) is 5.73 Å². The van der Waals surface area contributed by atoms with E-state index in [1.54, 1.807) is 6.07 Å². The Morgan fingerprint density at radius 1 is 1.53 bits per heavy atom. The topological polar surface area (TPSA) is 58.7 Å². The van der Waals surface area contributed by atoms with Crippen LogP contribution in [0.4, 0.5) is 4.39 Å². The van der Waals surface area contributed by atoms with E-state index in [1.165, 1.54) is 12.1 Å². The molecule has 3 atom stereocenters. The minimum Gasteiger partial charge on any atom is -0.394 e. The van der Waals surface area contributed by atoms with E-state index in [-0.39, 0.29) is 30.7 Å². The molecule has 1 aromatic rings. The van der Waals surface area contributed by atoms with Crippen LogP contribution in [-0.2, 0) is 4.74 Å². The zero-order valence-electron chi connectivity index (χ0n) is 11.1. The van der Waals surface area contributed by atoms with Gasteiger partial charge in [0.1, 0.15) is 5.82 Å². The highest BCUT2D eigenvalue weighted by Crippen LogP contribution is 2.24. The highest BCUT2D eigenvalue weighted by atomic mass is 19.1. The minimum atomic E-state index is -0.254. The van der Waals surface area contributed by atoms with Crippen LogP contribution in [0.3, 0.4) is 0 Å². The Morgan fingerprint density at radius 3 is 2.95 bits per heavy atom. The summed E-state index contributed by atoms with van der Waals surface area (Å²) in [5.74, 6) is -0.254. The second kappa shape index (κ2) is 6.43. The molecule has 0 amide bonds. The van der Waals surface area contributed by atoms with Crippen LogP contribution >= 0.6 is 0 Å². The zero-order chi connectivity index (χ0) is 13.8. The van der Waals surface area contributed by atoms with Gasteiger partial charge in [-0.2, -0.15) is 0 Å². The quantitative estimate of drug-likeness (QED) is 0.852. The number of aliphatic hydroxyl groups is 1. The second-order valence-electron chi connectivity index (χ2n) is 5.01. The van der Waals surface area contributed by atoms with E-state index in [4.69, 9.17) is 10.5 Å². The van der Waals surface area contributed by atoms with Gasteiger partial charge in [0.05, 0.1) is 18.8 Å². The lowest BCUT2D eigenvalue weighted by Gasteiger charge is -2.40. The van der Waals surface area contributed by atoms with E-state index in [0.717, 1.165) is 12.1 Å². The van der Waals surface area contributed by atoms with Crippen LogP contribution < -0.4 is 5.73 Å². The number of nitrogens with zero attached hydrogens (tertiary/aromatic N) is 1. The van der Waals surface area contributed by atoms with Crippen molar-refractivity contribution in [1.82, 2.24) is 4.90 Å². The first kappa shape index (κ1) is 14.4. The molecule has 3 N–H and O–H groups in total. The van der Waals surface area contributed by atoms with Gasteiger partial charge in [-0.3, -0.25) is 4.90 Å². The third-order valence-corrected chi connectivity index (χ3v) is 3.46. The minimum absolute atomic E-state index is 0.0126.